The van der Waals surface area contributed by atoms with Crippen LogP contribution in [-0.2, 0) is 20.4 Å². The monoisotopic (exact) mass is 473 g/mol. The SMILES string of the molecule is CC/C(N)=C(\C(=O)OCC(=O)c1cccc(C(F)(F)F)c1F)C(N)=NCCC1CCOCC1. The van der Waals surface area contributed by atoms with E-state index in [2.05, 4.69) is 4.99 Å². The zero-order chi connectivity index (χ0) is 24.6. The van der Waals surface area contributed by atoms with Gasteiger partial charge in [0.05, 0.1) is 11.1 Å². The number of hydrogen-bond donors (Lipinski definition) is 2. The van der Waals surface area contributed by atoms with E-state index in [1.54, 1.807) is 6.92 Å². The van der Waals surface area contributed by atoms with E-state index in [-0.39, 0.29) is 23.5 Å². The van der Waals surface area contributed by atoms with Gasteiger partial charge in [-0.05, 0) is 43.7 Å². The minimum absolute atomic E-state index is 0.0741. The number of ketones is 1. The third kappa shape index (κ3) is 7.28. The lowest BCUT2D eigenvalue weighted by atomic mass is 9.97. The quantitative estimate of drug-likeness (QED) is 0.142. The summed E-state index contributed by atoms with van der Waals surface area (Å²) >= 11 is 0. The summed E-state index contributed by atoms with van der Waals surface area (Å²) in [5.41, 5.74) is 9.24. The van der Waals surface area contributed by atoms with Crippen molar-refractivity contribution in [3.63, 3.8) is 0 Å². The van der Waals surface area contributed by atoms with E-state index in [0.29, 0.717) is 31.7 Å². The van der Waals surface area contributed by atoms with Crippen molar-refractivity contribution >= 4 is 17.6 Å². The Hall–Kier alpha value is -2.95. The van der Waals surface area contributed by atoms with Crippen LogP contribution in [0, 0.1) is 11.7 Å². The van der Waals surface area contributed by atoms with E-state index >= 15 is 0 Å². The number of aliphatic imine (C=N–C) groups is 1. The van der Waals surface area contributed by atoms with Gasteiger partial charge in [-0.25, -0.2) is 9.18 Å². The second-order valence-corrected chi connectivity index (χ2v) is 7.53. The van der Waals surface area contributed by atoms with Crippen molar-refractivity contribution in [2.24, 2.45) is 22.4 Å². The molecule has 1 fully saturated rings. The third-order valence-corrected chi connectivity index (χ3v) is 5.26. The van der Waals surface area contributed by atoms with Gasteiger partial charge in [-0.3, -0.25) is 9.79 Å². The molecule has 182 valence electrons. The molecule has 4 N–H and O–H groups in total. The molecule has 1 heterocycles. The molecule has 1 aromatic rings. The largest absolute Gasteiger partial charge is 0.454 e. The highest BCUT2D eigenvalue weighted by Gasteiger charge is 2.35. The molecule has 0 amide bonds. The molecule has 1 saturated heterocycles. The lowest BCUT2D eigenvalue weighted by Gasteiger charge is -2.21. The van der Waals surface area contributed by atoms with Gasteiger partial charge in [0.25, 0.3) is 0 Å². The summed E-state index contributed by atoms with van der Waals surface area (Å²) in [6.45, 7) is 2.39. The minimum Gasteiger partial charge on any atom is -0.454 e. The average molecular weight is 473 g/mol. The van der Waals surface area contributed by atoms with Crippen LogP contribution in [0.4, 0.5) is 17.6 Å². The Balaban J connectivity index is 2.07. The smallest absolute Gasteiger partial charge is 0.419 e. The summed E-state index contributed by atoms with van der Waals surface area (Å²) in [6, 6.07) is 2.28. The van der Waals surface area contributed by atoms with Gasteiger partial charge in [0, 0.05) is 25.5 Å². The molecule has 1 aromatic carbocycles. The van der Waals surface area contributed by atoms with Crippen molar-refractivity contribution < 1.29 is 36.6 Å². The van der Waals surface area contributed by atoms with Gasteiger partial charge in [-0.15, -0.1) is 0 Å². The number of rotatable bonds is 9. The fraction of sp³-hybridized carbons (Fsp3) is 0.500. The molecule has 0 bridgehead atoms. The molecular weight excluding hydrogens is 446 g/mol. The second-order valence-electron chi connectivity index (χ2n) is 7.53. The lowest BCUT2D eigenvalue weighted by molar-refractivity contribution is -0.140. The molecule has 0 saturated carbocycles. The summed E-state index contributed by atoms with van der Waals surface area (Å²) in [4.78, 5) is 28.9. The van der Waals surface area contributed by atoms with Crippen LogP contribution in [0.1, 0.15) is 48.5 Å². The van der Waals surface area contributed by atoms with Crippen LogP contribution in [0.2, 0.25) is 0 Å². The van der Waals surface area contributed by atoms with Gasteiger partial charge >= 0.3 is 12.1 Å². The molecule has 11 heteroatoms. The van der Waals surface area contributed by atoms with Crippen LogP contribution in [0.3, 0.4) is 0 Å². The van der Waals surface area contributed by atoms with Crippen molar-refractivity contribution in [1.29, 1.82) is 0 Å². The number of nitrogens with two attached hydrogens (primary N) is 2. The van der Waals surface area contributed by atoms with Crippen molar-refractivity contribution in [3.05, 3.63) is 46.4 Å². The van der Waals surface area contributed by atoms with Gasteiger partial charge < -0.3 is 20.9 Å². The Morgan fingerprint density at radius 1 is 1.21 bits per heavy atom. The van der Waals surface area contributed by atoms with E-state index in [1.807, 2.05) is 0 Å². The van der Waals surface area contributed by atoms with Crippen LogP contribution < -0.4 is 11.5 Å². The molecule has 1 aliphatic rings. The number of esters is 1. The molecular formula is C22H27F4N3O4. The number of Topliss-reactive ketones (excluding diaryl/α,β-unsaturated/α-hetero) is 1. The molecule has 1 aliphatic heterocycles. The summed E-state index contributed by atoms with van der Waals surface area (Å²) in [5, 5.41) is 0. The van der Waals surface area contributed by atoms with Crippen LogP contribution in [0.15, 0.2) is 34.5 Å². The molecule has 0 atom stereocenters. The van der Waals surface area contributed by atoms with E-state index in [1.165, 1.54) is 0 Å². The number of alkyl halides is 3. The normalized spacial score (nSPS) is 16.3. The first kappa shape index (κ1) is 26.3. The maximum Gasteiger partial charge on any atom is 0.419 e. The third-order valence-electron chi connectivity index (χ3n) is 5.26. The summed E-state index contributed by atoms with van der Waals surface area (Å²) in [7, 11) is 0. The number of halogens is 4. The van der Waals surface area contributed by atoms with Gasteiger partial charge in [0.2, 0.25) is 5.78 Å². The molecule has 0 radical (unpaired) electrons. The summed E-state index contributed by atoms with van der Waals surface area (Å²) < 4.78 is 62.9. The molecule has 7 nitrogen and oxygen atoms in total. The highest BCUT2D eigenvalue weighted by molar-refractivity contribution is 6.19. The van der Waals surface area contributed by atoms with Crippen molar-refractivity contribution in [1.82, 2.24) is 0 Å². The second kappa shape index (κ2) is 11.8. The van der Waals surface area contributed by atoms with E-state index in [4.69, 9.17) is 20.9 Å². The Morgan fingerprint density at radius 3 is 2.48 bits per heavy atom. The zero-order valence-electron chi connectivity index (χ0n) is 18.2. The number of amidine groups is 1. The van der Waals surface area contributed by atoms with E-state index < -0.39 is 41.5 Å². The number of allylic oxidation sites excluding steroid dienone is 1. The predicted octanol–water partition coefficient (Wildman–Crippen LogP) is 3.37. The fourth-order valence-corrected chi connectivity index (χ4v) is 3.31. The fourth-order valence-electron chi connectivity index (χ4n) is 3.31. The zero-order valence-corrected chi connectivity index (χ0v) is 18.2. The number of hydrogen-bond acceptors (Lipinski definition) is 6. The molecule has 33 heavy (non-hydrogen) atoms. The first-order valence-electron chi connectivity index (χ1n) is 10.5. The van der Waals surface area contributed by atoms with Crippen LogP contribution >= 0.6 is 0 Å². The van der Waals surface area contributed by atoms with Gasteiger partial charge in [-0.2, -0.15) is 13.2 Å². The summed E-state index contributed by atoms with van der Waals surface area (Å²) in [6.07, 6.45) is -2.18. The summed E-state index contributed by atoms with van der Waals surface area (Å²) in [5.74, 6) is -3.68. The number of benzene rings is 1. The highest BCUT2D eigenvalue weighted by atomic mass is 19.4. The van der Waals surface area contributed by atoms with Crippen LogP contribution in [-0.4, -0.2) is 44.0 Å². The average Bonchev–Trinajstić information content (AvgIpc) is 2.77. The maximum atomic E-state index is 14.1. The maximum absolute atomic E-state index is 14.1. The molecule has 0 aromatic heterocycles. The number of nitrogens with zero attached hydrogens (tertiary/aromatic N) is 1. The number of carbonyl (C=O) groups excluding carboxylic acids is 2. The molecule has 0 aliphatic carbocycles. The Morgan fingerprint density at radius 2 is 1.88 bits per heavy atom. The molecule has 2 rings (SSSR count). The molecule has 0 spiro atoms. The van der Waals surface area contributed by atoms with Crippen molar-refractivity contribution in [3.8, 4) is 0 Å². The van der Waals surface area contributed by atoms with Crippen molar-refractivity contribution in [2.45, 2.75) is 38.8 Å². The topological polar surface area (TPSA) is 117 Å². The Kier molecular flexibility index (Phi) is 9.39. The van der Waals surface area contributed by atoms with E-state index in [9.17, 15) is 27.2 Å². The van der Waals surface area contributed by atoms with E-state index in [0.717, 1.165) is 31.4 Å². The number of ether oxygens (including phenoxy) is 2. The van der Waals surface area contributed by atoms with Crippen LogP contribution in [0.25, 0.3) is 0 Å². The predicted molar refractivity (Wildman–Crippen MR) is 113 cm³/mol. The van der Waals surface area contributed by atoms with Gasteiger partial charge in [-0.1, -0.05) is 13.0 Å². The Labute approximate surface area is 188 Å². The first-order chi connectivity index (χ1) is 15.6. The first-order valence-corrected chi connectivity index (χ1v) is 10.5. The Bertz CT molecular complexity index is 923. The number of carbonyl (C=O) groups is 2. The van der Waals surface area contributed by atoms with Gasteiger partial charge in [0.15, 0.2) is 6.61 Å². The molecule has 0 unspecified atom stereocenters. The highest BCUT2D eigenvalue weighted by Crippen LogP contribution is 2.32. The standard InChI is InChI=1S/C22H27F4N3O4/c1-2-16(27)18(20(28)29-9-6-13-7-10-32-11-8-13)21(31)33-12-17(30)14-4-3-5-15(19(14)23)22(24,25)26/h3-5,13H,2,6-12,27H2,1H3,(H2,28,29)/b18-16+. The lowest BCUT2D eigenvalue weighted by Crippen LogP contribution is -2.29. The van der Waals surface area contributed by atoms with Crippen molar-refractivity contribution in [2.75, 3.05) is 26.4 Å². The minimum atomic E-state index is -4.97. The van der Waals surface area contributed by atoms with Gasteiger partial charge in [0.1, 0.15) is 17.2 Å². The van der Waals surface area contributed by atoms with Crippen LogP contribution in [0.5, 0.6) is 0 Å².